The standard InChI is InChI=1S/C22H24F2N2O2/c23-18-8-7-16(13-19(18)24)14-26-12-4-9-22(28,20(26)27)15-25-21(10-11-21)17-5-2-1-3-6-17/h1-3,5-8,13,25,28H,4,9-12,14-15H2/t22-/m1/s1. The van der Waals surface area contributed by atoms with Gasteiger partial charge in [-0.1, -0.05) is 36.4 Å². The highest BCUT2D eigenvalue weighted by molar-refractivity contribution is 5.86. The molecule has 0 radical (unpaired) electrons. The monoisotopic (exact) mass is 386 g/mol. The minimum Gasteiger partial charge on any atom is -0.379 e. The van der Waals surface area contributed by atoms with Crippen molar-refractivity contribution in [2.75, 3.05) is 13.1 Å². The Morgan fingerprint density at radius 3 is 2.46 bits per heavy atom. The first-order valence-corrected chi connectivity index (χ1v) is 9.68. The molecule has 2 aromatic carbocycles. The van der Waals surface area contributed by atoms with Crippen molar-refractivity contribution in [2.24, 2.45) is 0 Å². The molecule has 4 nitrogen and oxygen atoms in total. The lowest BCUT2D eigenvalue weighted by Crippen LogP contribution is -2.58. The molecule has 1 amide bonds. The first-order valence-electron chi connectivity index (χ1n) is 9.68. The van der Waals surface area contributed by atoms with E-state index in [2.05, 4.69) is 17.4 Å². The molecule has 0 spiro atoms. The van der Waals surface area contributed by atoms with Gasteiger partial charge in [-0.15, -0.1) is 0 Å². The molecule has 2 aromatic rings. The number of aliphatic hydroxyl groups is 1. The minimum atomic E-state index is -1.48. The highest BCUT2D eigenvalue weighted by Crippen LogP contribution is 2.45. The summed E-state index contributed by atoms with van der Waals surface area (Å²) in [6.45, 7) is 0.821. The van der Waals surface area contributed by atoms with Crippen LogP contribution < -0.4 is 5.32 Å². The number of piperidine rings is 1. The minimum absolute atomic E-state index is 0.155. The second-order valence-corrected chi connectivity index (χ2v) is 7.91. The van der Waals surface area contributed by atoms with Crippen LogP contribution in [0.25, 0.3) is 0 Å². The van der Waals surface area contributed by atoms with Gasteiger partial charge in [0, 0.05) is 25.2 Å². The number of amides is 1. The van der Waals surface area contributed by atoms with Gasteiger partial charge in [0.1, 0.15) is 0 Å². The second kappa shape index (κ2) is 7.26. The molecule has 1 aliphatic heterocycles. The third kappa shape index (κ3) is 3.66. The summed E-state index contributed by atoms with van der Waals surface area (Å²) in [5, 5.41) is 14.5. The summed E-state index contributed by atoms with van der Waals surface area (Å²) in [6, 6.07) is 13.7. The van der Waals surface area contributed by atoms with Gasteiger partial charge >= 0.3 is 0 Å². The maximum atomic E-state index is 13.5. The fraction of sp³-hybridized carbons (Fsp3) is 0.409. The van der Waals surface area contributed by atoms with E-state index in [0.717, 1.165) is 25.0 Å². The maximum Gasteiger partial charge on any atom is 0.256 e. The van der Waals surface area contributed by atoms with Crippen molar-refractivity contribution >= 4 is 5.91 Å². The molecule has 6 heteroatoms. The summed E-state index contributed by atoms with van der Waals surface area (Å²) >= 11 is 0. The Morgan fingerprint density at radius 2 is 1.79 bits per heavy atom. The summed E-state index contributed by atoms with van der Waals surface area (Å²) in [7, 11) is 0. The maximum absolute atomic E-state index is 13.5. The topological polar surface area (TPSA) is 52.6 Å². The van der Waals surface area contributed by atoms with E-state index in [-0.39, 0.29) is 24.5 Å². The molecule has 1 heterocycles. The molecule has 2 aliphatic rings. The highest BCUT2D eigenvalue weighted by atomic mass is 19.2. The number of nitrogens with one attached hydrogen (secondary N) is 1. The zero-order valence-corrected chi connectivity index (χ0v) is 15.6. The average Bonchev–Trinajstić information content (AvgIpc) is 3.49. The lowest BCUT2D eigenvalue weighted by molar-refractivity contribution is -0.157. The Labute approximate surface area is 163 Å². The second-order valence-electron chi connectivity index (χ2n) is 7.91. The average molecular weight is 386 g/mol. The van der Waals surface area contributed by atoms with Crippen molar-refractivity contribution < 1.29 is 18.7 Å². The van der Waals surface area contributed by atoms with E-state index in [1.54, 1.807) is 0 Å². The molecule has 0 aromatic heterocycles. The van der Waals surface area contributed by atoms with Crippen LogP contribution in [0.1, 0.15) is 36.8 Å². The SMILES string of the molecule is O=C1N(Cc2ccc(F)c(F)c2)CCC[C@@]1(O)CNC1(c2ccccc2)CC1. The number of hydrogen-bond acceptors (Lipinski definition) is 3. The van der Waals surface area contributed by atoms with Crippen molar-refractivity contribution in [3.8, 4) is 0 Å². The fourth-order valence-corrected chi connectivity index (χ4v) is 4.00. The van der Waals surface area contributed by atoms with Gasteiger partial charge in [0.15, 0.2) is 17.2 Å². The number of likely N-dealkylation sites (tertiary alicyclic amines) is 1. The summed E-state index contributed by atoms with van der Waals surface area (Å²) in [5.41, 5.74) is 0.0220. The van der Waals surface area contributed by atoms with Gasteiger partial charge in [0.05, 0.1) is 0 Å². The quantitative estimate of drug-likeness (QED) is 0.802. The van der Waals surface area contributed by atoms with Crippen LogP contribution in [0.15, 0.2) is 48.5 Å². The Bertz CT molecular complexity index is 870. The van der Waals surface area contributed by atoms with E-state index in [1.165, 1.54) is 16.5 Å². The predicted molar refractivity (Wildman–Crippen MR) is 101 cm³/mol. The molecule has 1 atom stereocenters. The van der Waals surface area contributed by atoms with Gasteiger partial charge in [0.25, 0.3) is 5.91 Å². The van der Waals surface area contributed by atoms with Gasteiger partial charge in [-0.05, 0) is 48.9 Å². The van der Waals surface area contributed by atoms with Gasteiger partial charge < -0.3 is 15.3 Å². The normalized spacial score (nSPS) is 23.7. The molecule has 28 heavy (non-hydrogen) atoms. The van der Waals surface area contributed by atoms with E-state index in [1.807, 2.05) is 18.2 Å². The molecular weight excluding hydrogens is 362 g/mol. The summed E-state index contributed by atoms with van der Waals surface area (Å²) in [5.74, 6) is -2.21. The van der Waals surface area contributed by atoms with Gasteiger partial charge in [-0.2, -0.15) is 0 Å². The van der Waals surface area contributed by atoms with Crippen LogP contribution in [-0.4, -0.2) is 34.6 Å². The lowest BCUT2D eigenvalue weighted by atomic mass is 9.90. The van der Waals surface area contributed by atoms with E-state index in [0.29, 0.717) is 24.9 Å². The van der Waals surface area contributed by atoms with Crippen LogP contribution in [0.5, 0.6) is 0 Å². The van der Waals surface area contributed by atoms with Crippen LogP contribution >= 0.6 is 0 Å². The zero-order valence-electron chi connectivity index (χ0n) is 15.6. The Kier molecular flexibility index (Phi) is 4.93. The molecule has 1 saturated carbocycles. The molecule has 0 unspecified atom stereocenters. The lowest BCUT2D eigenvalue weighted by Gasteiger charge is -2.39. The molecule has 1 aliphatic carbocycles. The zero-order chi connectivity index (χ0) is 19.8. The van der Waals surface area contributed by atoms with Gasteiger partial charge in [-0.3, -0.25) is 4.79 Å². The van der Waals surface area contributed by atoms with Crippen molar-refractivity contribution in [1.82, 2.24) is 10.2 Å². The molecule has 2 N–H and O–H groups in total. The van der Waals surface area contributed by atoms with Crippen molar-refractivity contribution in [3.05, 3.63) is 71.3 Å². The molecule has 2 fully saturated rings. The van der Waals surface area contributed by atoms with Crippen molar-refractivity contribution in [1.29, 1.82) is 0 Å². The summed E-state index contributed by atoms with van der Waals surface area (Å²) in [4.78, 5) is 14.5. The van der Waals surface area contributed by atoms with Crippen LogP contribution in [0.4, 0.5) is 8.78 Å². The van der Waals surface area contributed by atoms with E-state index < -0.39 is 17.2 Å². The highest BCUT2D eigenvalue weighted by Gasteiger charge is 2.48. The van der Waals surface area contributed by atoms with Crippen molar-refractivity contribution in [2.45, 2.75) is 43.4 Å². The summed E-state index contributed by atoms with van der Waals surface area (Å²) in [6.07, 6.45) is 2.99. The van der Waals surface area contributed by atoms with E-state index >= 15 is 0 Å². The molecule has 4 rings (SSSR count). The first-order chi connectivity index (χ1) is 13.4. The van der Waals surface area contributed by atoms with Crippen molar-refractivity contribution in [3.63, 3.8) is 0 Å². The third-order valence-electron chi connectivity index (χ3n) is 5.86. The smallest absolute Gasteiger partial charge is 0.256 e. The Balaban J connectivity index is 1.44. The van der Waals surface area contributed by atoms with Gasteiger partial charge in [-0.25, -0.2) is 8.78 Å². The number of rotatable bonds is 6. The first kappa shape index (κ1) is 19.0. The number of carbonyl (C=O) groups is 1. The largest absolute Gasteiger partial charge is 0.379 e. The predicted octanol–water partition coefficient (Wildman–Crippen LogP) is 3.10. The number of carbonyl (C=O) groups excluding carboxylic acids is 1. The fourth-order valence-electron chi connectivity index (χ4n) is 4.00. The third-order valence-corrected chi connectivity index (χ3v) is 5.86. The van der Waals surface area contributed by atoms with E-state index in [9.17, 15) is 18.7 Å². The molecule has 1 saturated heterocycles. The Hall–Kier alpha value is -2.31. The van der Waals surface area contributed by atoms with Gasteiger partial charge in [0.2, 0.25) is 0 Å². The molecule has 148 valence electrons. The molecular formula is C22H24F2N2O2. The van der Waals surface area contributed by atoms with Crippen LogP contribution in [0, 0.1) is 11.6 Å². The van der Waals surface area contributed by atoms with Crippen LogP contribution in [0.3, 0.4) is 0 Å². The van der Waals surface area contributed by atoms with Crippen LogP contribution in [-0.2, 0) is 16.9 Å². The number of hydrogen-bond donors (Lipinski definition) is 2. The van der Waals surface area contributed by atoms with Crippen LogP contribution in [0.2, 0.25) is 0 Å². The molecule has 0 bridgehead atoms. The Morgan fingerprint density at radius 1 is 1.04 bits per heavy atom. The number of benzene rings is 2. The summed E-state index contributed by atoms with van der Waals surface area (Å²) < 4.78 is 26.6. The van der Waals surface area contributed by atoms with E-state index in [4.69, 9.17) is 0 Å². The number of nitrogens with zero attached hydrogens (tertiary/aromatic N) is 1. The number of halogens is 2.